The van der Waals surface area contributed by atoms with Gasteiger partial charge in [0.2, 0.25) is 0 Å². The van der Waals surface area contributed by atoms with Crippen LogP contribution in [0.2, 0.25) is 10.2 Å². The van der Waals surface area contributed by atoms with Gasteiger partial charge in [0, 0.05) is 10.6 Å². The van der Waals surface area contributed by atoms with Crippen molar-refractivity contribution in [3.63, 3.8) is 0 Å². The van der Waals surface area contributed by atoms with Gasteiger partial charge in [-0.25, -0.2) is 4.68 Å². The molecular weight excluding hydrogens is 288 g/mol. The average Bonchev–Trinajstić information content (AvgIpc) is 2.57. The van der Waals surface area contributed by atoms with Crippen molar-refractivity contribution in [1.82, 2.24) is 9.78 Å². The molecule has 7 heteroatoms. The smallest absolute Gasteiger partial charge is 0.221 e. The molecule has 0 atom stereocenters. The van der Waals surface area contributed by atoms with Crippen LogP contribution in [0.15, 0.2) is 24.3 Å². The van der Waals surface area contributed by atoms with Crippen molar-refractivity contribution in [1.29, 1.82) is 0 Å². The summed E-state index contributed by atoms with van der Waals surface area (Å²) in [5.41, 5.74) is -0.662. The van der Waals surface area contributed by atoms with Crippen molar-refractivity contribution in [3.05, 3.63) is 45.7 Å². The van der Waals surface area contributed by atoms with E-state index in [1.807, 2.05) is 0 Å². The monoisotopic (exact) mass is 294 g/mol. The molecule has 0 N–H and O–H groups in total. The first-order chi connectivity index (χ1) is 8.30. The summed E-state index contributed by atoms with van der Waals surface area (Å²) in [4.78, 5) is 0. The average molecular weight is 295 g/mol. The Balaban J connectivity index is 2.56. The van der Waals surface area contributed by atoms with Gasteiger partial charge < -0.3 is 0 Å². The van der Waals surface area contributed by atoms with Gasteiger partial charge in [0.1, 0.15) is 5.15 Å². The lowest BCUT2D eigenvalue weighted by molar-refractivity contribution is -0.141. The van der Waals surface area contributed by atoms with Crippen molar-refractivity contribution >= 4 is 23.2 Å². The number of hydrogen-bond donors (Lipinski definition) is 0. The van der Waals surface area contributed by atoms with Gasteiger partial charge in [-0.3, -0.25) is 0 Å². The first-order valence-corrected chi connectivity index (χ1v) is 5.64. The van der Waals surface area contributed by atoms with Crippen LogP contribution in [0.5, 0.6) is 0 Å². The predicted octanol–water partition coefficient (Wildman–Crippen LogP) is 4.51. The SMILES string of the molecule is Cc1c(C(F)(F)F)nn(-c2ccc(Cl)cc2)c1Cl. The molecule has 0 aliphatic carbocycles. The van der Waals surface area contributed by atoms with Crippen LogP contribution in [0.3, 0.4) is 0 Å². The Morgan fingerprint density at radius 1 is 1.11 bits per heavy atom. The maximum Gasteiger partial charge on any atom is 0.435 e. The first kappa shape index (κ1) is 13.2. The van der Waals surface area contributed by atoms with E-state index in [2.05, 4.69) is 5.10 Å². The lowest BCUT2D eigenvalue weighted by atomic mass is 10.3. The largest absolute Gasteiger partial charge is 0.435 e. The van der Waals surface area contributed by atoms with Gasteiger partial charge in [-0.1, -0.05) is 23.2 Å². The number of nitrogens with zero attached hydrogens (tertiary/aromatic N) is 2. The predicted molar refractivity (Wildman–Crippen MR) is 63.3 cm³/mol. The second-order valence-electron chi connectivity index (χ2n) is 3.65. The van der Waals surface area contributed by atoms with E-state index in [9.17, 15) is 13.2 Å². The number of halogens is 5. The number of aromatic nitrogens is 2. The summed E-state index contributed by atoms with van der Waals surface area (Å²) in [7, 11) is 0. The highest BCUT2D eigenvalue weighted by Gasteiger charge is 2.37. The van der Waals surface area contributed by atoms with Gasteiger partial charge >= 0.3 is 6.18 Å². The Hall–Kier alpha value is -1.20. The third-order valence-corrected chi connectivity index (χ3v) is 3.09. The van der Waals surface area contributed by atoms with Crippen LogP contribution >= 0.6 is 23.2 Å². The molecule has 0 spiro atoms. The highest BCUT2D eigenvalue weighted by molar-refractivity contribution is 6.31. The molecule has 0 saturated carbocycles. The Morgan fingerprint density at radius 3 is 2.11 bits per heavy atom. The number of benzene rings is 1. The zero-order valence-electron chi connectivity index (χ0n) is 9.09. The van der Waals surface area contributed by atoms with Crippen LogP contribution < -0.4 is 0 Å². The molecule has 1 aromatic carbocycles. The molecule has 0 fully saturated rings. The molecule has 0 aliphatic rings. The molecule has 96 valence electrons. The molecular formula is C11H7Cl2F3N2. The number of rotatable bonds is 1. The summed E-state index contributed by atoms with van der Waals surface area (Å²) in [6.45, 7) is 1.28. The maximum atomic E-state index is 12.7. The summed E-state index contributed by atoms with van der Waals surface area (Å²) < 4.78 is 39.0. The van der Waals surface area contributed by atoms with E-state index < -0.39 is 11.9 Å². The molecule has 0 bridgehead atoms. The van der Waals surface area contributed by atoms with Crippen LogP contribution in [0.4, 0.5) is 13.2 Å². The fraction of sp³-hybridized carbons (Fsp3) is 0.182. The quantitative estimate of drug-likeness (QED) is 0.757. The maximum absolute atomic E-state index is 12.7. The molecule has 1 heterocycles. The van der Waals surface area contributed by atoms with Crippen molar-refractivity contribution in [2.24, 2.45) is 0 Å². The molecule has 0 radical (unpaired) electrons. The molecule has 2 nitrogen and oxygen atoms in total. The van der Waals surface area contributed by atoms with Crippen molar-refractivity contribution in [3.8, 4) is 5.69 Å². The fourth-order valence-corrected chi connectivity index (χ4v) is 1.85. The van der Waals surface area contributed by atoms with Crippen LogP contribution in [0, 0.1) is 6.92 Å². The van der Waals surface area contributed by atoms with Crippen LogP contribution in [0.1, 0.15) is 11.3 Å². The van der Waals surface area contributed by atoms with E-state index in [4.69, 9.17) is 23.2 Å². The van der Waals surface area contributed by atoms with E-state index >= 15 is 0 Å². The molecule has 2 aromatic rings. The normalized spacial score (nSPS) is 11.9. The summed E-state index contributed by atoms with van der Waals surface area (Å²) >= 11 is 11.6. The summed E-state index contributed by atoms with van der Waals surface area (Å²) in [6, 6.07) is 6.19. The molecule has 2 rings (SSSR count). The van der Waals surface area contributed by atoms with Gasteiger partial charge in [-0.15, -0.1) is 0 Å². The summed E-state index contributed by atoms with van der Waals surface area (Å²) in [5, 5.41) is 3.91. The third kappa shape index (κ3) is 2.33. The lowest BCUT2D eigenvalue weighted by Crippen LogP contribution is -2.08. The van der Waals surface area contributed by atoms with Crippen LogP contribution in [0.25, 0.3) is 5.69 Å². The minimum Gasteiger partial charge on any atom is -0.221 e. The standard InChI is InChI=1S/C11H7Cl2F3N2/c1-6-9(11(14,15)16)17-18(10(6)13)8-4-2-7(12)3-5-8/h2-5H,1H3. The second-order valence-corrected chi connectivity index (χ2v) is 4.44. The molecule has 18 heavy (non-hydrogen) atoms. The zero-order valence-corrected chi connectivity index (χ0v) is 10.6. The minimum atomic E-state index is -4.52. The van der Waals surface area contributed by atoms with Gasteiger partial charge in [0.05, 0.1) is 5.69 Å². The fourth-order valence-electron chi connectivity index (χ4n) is 1.50. The number of hydrogen-bond acceptors (Lipinski definition) is 1. The Morgan fingerprint density at radius 2 is 1.67 bits per heavy atom. The highest BCUT2D eigenvalue weighted by atomic mass is 35.5. The molecule has 0 unspecified atom stereocenters. The van der Waals surface area contributed by atoms with Crippen LogP contribution in [-0.4, -0.2) is 9.78 Å². The van der Waals surface area contributed by atoms with E-state index in [0.29, 0.717) is 10.7 Å². The van der Waals surface area contributed by atoms with E-state index in [0.717, 1.165) is 4.68 Å². The molecule has 0 aliphatic heterocycles. The van der Waals surface area contributed by atoms with E-state index in [1.165, 1.54) is 6.92 Å². The van der Waals surface area contributed by atoms with Gasteiger partial charge in [0.25, 0.3) is 0 Å². The van der Waals surface area contributed by atoms with Crippen molar-refractivity contribution in [2.75, 3.05) is 0 Å². The first-order valence-electron chi connectivity index (χ1n) is 4.89. The molecule has 1 aromatic heterocycles. The van der Waals surface area contributed by atoms with E-state index in [-0.39, 0.29) is 10.7 Å². The van der Waals surface area contributed by atoms with Crippen molar-refractivity contribution in [2.45, 2.75) is 13.1 Å². The van der Waals surface area contributed by atoms with Gasteiger partial charge in [-0.2, -0.15) is 18.3 Å². The lowest BCUT2D eigenvalue weighted by Gasteiger charge is -2.03. The van der Waals surface area contributed by atoms with E-state index in [1.54, 1.807) is 24.3 Å². The van der Waals surface area contributed by atoms with Crippen LogP contribution in [-0.2, 0) is 6.18 Å². The number of alkyl halides is 3. The Bertz CT molecular complexity index is 573. The topological polar surface area (TPSA) is 17.8 Å². The third-order valence-electron chi connectivity index (χ3n) is 2.39. The highest BCUT2D eigenvalue weighted by Crippen LogP contribution is 2.34. The molecule has 0 saturated heterocycles. The second kappa shape index (κ2) is 4.48. The zero-order chi connectivity index (χ0) is 13.5. The molecule has 0 amide bonds. The van der Waals surface area contributed by atoms with Gasteiger partial charge in [0.15, 0.2) is 5.69 Å². The van der Waals surface area contributed by atoms with Gasteiger partial charge in [-0.05, 0) is 31.2 Å². The minimum absolute atomic E-state index is 0.0651. The van der Waals surface area contributed by atoms with Crippen molar-refractivity contribution < 1.29 is 13.2 Å². The summed E-state index contributed by atoms with van der Waals surface area (Å²) in [6.07, 6.45) is -4.52. The summed E-state index contributed by atoms with van der Waals surface area (Å²) in [5.74, 6) is 0. The Kier molecular flexibility index (Phi) is 3.29. The Labute approximate surface area is 111 Å².